The van der Waals surface area contributed by atoms with Crippen molar-refractivity contribution < 1.29 is 58.3 Å². The highest BCUT2D eigenvalue weighted by atomic mass is 35.5. The summed E-state index contributed by atoms with van der Waals surface area (Å²) in [4.78, 5) is 121. The molecule has 3 N–H and O–H groups in total. The summed E-state index contributed by atoms with van der Waals surface area (Å²) in [5.74, 6) is 4.14. The van der Waals surface area contributed by atoms with Gasteiger partial charge in [-0.3, -0.25) is 59.7 Å². The number of piperazine rings is 3. The first-order chi connectivity index (χ1) is 54.6. The summed E-state index contributed by atoms with van der Waals surface area (Å²) in [6.07, 6.45) is 14.5. The van der Waals surface area contributed by atoms with E-state index < -0.39 is 24.4 Å². The van der Waals surface area contributed by atoms with Crippen molar-refractivity contribution in [1.29, 1.82) is 15.8 Å². The minimum Gasteiger partial charge on any atom is -1.00 e. The number of carbonyl (C=O) groups is 6. The number of nitrogens with zero attached hydrogens (tertiary/aromatic N) is 18. The second kappa shape index (κ2) is 44.9. The van der Waals surface area contributed by atoms with Gasteiger partial charge in [-0.05, 0) is 179 Å². The summed E-state index contributed by atoms with van der Waals surface area (Å²) >= 11 is 3.52. The van der Waals surface area contributed by atoms with E-state index in [4.69, 9.17) is 43.9 Å². The van der Waals surface area contributed by atoms with Gasteiger partial charge in [0, 0.05) is 124 Å². The zero-order chi connectivity index (χ0) is 80.8. The van der Waals surface area contributed by atoms with E-state index in [1.807, 2.05) is 63.8 Å². The number of ether oxygens (including phenoxy) is 5. The van der Waals surface area contributed by atoms with Crippen LogP contribution in [0.5, 0.6) is 5.88 Å². The predicted octanol–water partition coefficient (Wildman–Crippen LogP) is 9.95. The Kier molecular flexibility index (Phi) is 36.1. The average Bonchev–Trinajstić information content (AvgIpc) is 0.786. The molecule has 6 aromatic rings. The van der Waals surface area contributed by atoms with E-state index in [2.05, 4.69) is 55.6 Å². The number of hydrogen-bond donors (Lipinski definition) is 3. The molecule has 12 rings (SSSR count). The first-order valence-electron chi connectivity index (χ1n) is 37.3. The number of methoxy groups -OCH3 is 5. The molecule has 9 amide bonds. The van der Waals surface area contributed by atoms with Crippen LogP contribution >= 0.6 is 35.9 Å². The number of nitriles is 3. The number of aromatic nitrogens is 6. The third-order valence-corrected chi connectivity index (χ3v) is 21.5. The topological polar surface area (TPSA) is 363 Å². The number of urea groups is 3. The lowest BCUT2D eigenvalue weighted by Crippen LogP contribution is -2.48. The standard InChI is InChI=1S/C28H37N7O4S.C26H33N7O3S.C24H28FN7O4.2CH4.ClH.H/c1-33-10-11-34(24(36)18-33)17-21-13-20-7-5-9-35(26(20)32-25(21)27(38-2)39-3)28(37)31-23-14-19(8-6-12-40-4)22(15-29)16-30-23;1-31-9-10-32(23(34)17-31)16-20-12-19-6-4-8-33(24(19)30-25(20)36-2)26(35)29-22-13-18(7-5-11-37-3)21(14-27)15-28-22;1-30-7-8-31(20(33)14-30)13-16-9-15-5-4-6-32(22(15)29-21(16)23(35-2)36-3)24(34)28-19-10-18(25)17(11-26)12-27-19;;;;/h13-14,16,27H,5-12,17-18H2,1-4H3,(H,30,31,37);12-13,15H,4-11,16-17H2,1-3H3,(H,28,29,35);9-10,12,23H,4-8,13-14H2,1-3H3,(H,27,28,34);2*1H4;1H;/q;;;;;;-1/i;;;;;;1+1. The second-order valence-corrected chi connectivity index (χ2v) is 30.0. The van der Waals surface area contributed by atoms with E-state index in [-0.39, 0.29) is 69.9 Å². The number of hydrogen-bond acceptors (Lipinski definition) is 25. The molecule has 6 aromatic heterocycles. The summed E-state index contributed by atoms with van der Waals surface area (Å²) in [6.45, 7) is 7.98. The third-order valence-electron chi connectivity index (χ3n) is 20.1. The summed E-state index contributed by atoms with van der Waals surface area (Å²) in [5.41, 5.74) is 8.81. The Hall–Kier alpha value is -9.97. The molecule has 0 aliphatic carbocycles. The first kappa shape index (κ1) is 93.2. The molecule has 36 heteroatoms. The Balaban J connectivity index is 0.000000268. The molecule has 0 bridgehead atoms. The van der Waals surface area contributed by atoms with Crippen molar-refractivity contribution in [2.75, 3.05) is 190 Å². The molecule has 626 valence electrons. The van der Waals surface area contributed by atoms with Crippen LogP contribution in [0.4, 0.5) is 53.7 Å². The molecule has 116 heavy (non-hydrogen) atoms. The zero-order valence-corrected chi connectivity index (χ0v) is 68.5. The molecule has 6 aliphatic rings. The van der Waals surface area contributed by atoms with Gasteiger partial charge in [0.25, 0.3) is 0 Å². The van der Waals surface area contributed by atoms with Gasteiger partial charge < -0.3 is 39.8 Å². The number of amides is 9. The van der Waals surface area contributed by atoms with Crippen LogP contribution in [0.25, 0.3) is 0 Å². The zero-order valence-electron chi connectivity index (χ0n) is 67.1. The van der Waals surface area contributed by atoms with Gasteiger partial charge in [0.05, 0.1) is 50.6 Å². The van der Waals surface area contributed by atoms with Crippen LogP contribution in [0.3, 0.4) is 0 Å². The molecule has 12 heterocycles. The Bertz CT molecular complexity index is 4570. The number of carbonyl (C=O) groups excluding carboxylic acids is 6. The van der Waals surface area contributed by atoms with Crippen LogP contribution in [-0.4, -0.2) is 254 Å². The minimum atomic E-state index is -0.797. The van der Waals surface area contributed by atoms with E-state index in [0.29, 0.717) is 149 Å². The summed E-state index contributed by atoms with van der Waals surface area (Å²) in [7, 11) is 13.4. The number of anilines is 6. The molecule has 32 nitrogen and oxygen atoms in total. The van der Waals surface area contributed by atoms with Crippen molar-refractivity contribution in [3.63, 3.8) is 0 Å². The van der Waals surface area contributed by atoms with Gasteiger partial charge in [-0.25, -0.2) is 43.7 Å². The van der Waals surface area contributed by atoms with E-state index in [1.165, 1.54) is 45.7 Å². The maximum absolute atomic E-state index is 14.0. The second-order valence-electron chi connectivity index (χ2n) is 28.0. The number of fused-ring (bicyclic) bond motifs is 3. The average molecular weight is 1660 g/mol. The van der Waals surface area contributed by atoms with Crippen LogP contribution in [0.15, 0.2) is 55.0 Å². The van der Waals surface area contributed by atoms with Gasteiger partial charge in [-0.2, -0.15) is 44.3 Å². The van der Waals surface area contributed by atoms with E-state index >= 15 is 0 Å². The van der Waals surface area contributed by atoms with E-state index in [0.717, 1.165) is 139 Å². The van der Waals surface area contributed by atoms with Gasteiger partial charge in [-0.1, -0.05) is 14.9 Å². The van der Waals surface area contributed by atoms with E-state index in [9.17, 15) is 43.7 Å². The van der Waals surface area contributed by atoms with Crippen LogP contribution in [0, 0.1) is 39.8 Å². The quantitative estimate of drug-likeness (QED) is 0.0374. The Morgan fingerprint density at radius 1 is 0.491 bits per heavy atom. The van der Waals surface area contributed by atoms with Crippen molar-refractivity contribution in [1.82, 2.24) is 59.3 Å². The highest BCUT2D eigenvalue weighted by Gasteiger charge is 2.35. The fourth-order valence-corrected chi connectivity index (χ4v) is 15.0. The maximum Gasteiger partial charge on any atom is 0.328 e. The Labute approximate surface area is 695 Å². The van der Waals surface area contributed by atoms with Crippen molar-refractivity contribution >= 4 is 107 Å². The van der Waals surface area contributed by atoms with Crippen LogP contribution in [0.1, 0.15) is 134 Å². The lowest BCUT2D eigenvalue weighted by molar-refractivity contribution is -0.137. The number of rotatable bonds is 24. The molecular weight excluding hydrogens is 1550 g/mol. The largest absolute Gasteiger partial charge is 1.00 e. The van der Waals surface area contributed by atoms with Gasteiger partial charge in [0.2, 0.25) is 36.2 Å². The molecule has 0 atom stereocenters. The number of halogens is 2. The van der Waals surface area contributed by atoms with Gasteiger partial charge >= 0.3 is 18.1 Å². The van der Waals surface area contributed by atoms with Crippen molar-refractivity contribution in [3.8, 4) is 24.1 Å². The number of likely N-dealkylation sites (N-methyl/N-ethyl adjacent to an activating group) is 3. The summed E-state index contributed by atoms with van der Waals surface area (Å²) in [5, 5.41) is 36.2. The van der Waals surface area contributed by atoms with Gasteiger partial charge in [0.1, 0.15) is 75.9 Å². The molecule has 3 fully saturated rings. The lowest BCUT2D eigenvalue weighted by atomic mass is 10.0. The molecular formula is C80H108ClFN21O11S2-. The van der Waals surface area contributed by atoms with Gasteiger partial charge in [0.15, 0.2) is 0 Å². The smallest absolute Gasteiger partial charge is 0.328 e. The molecule has 0 unspecified atom stereocenters. The number of thioether (sulfide) groups is 2. The number of nitrogens with one attached hydrogen (secondary N) is 3. The normalized spacial score (nSPS) is 15.5. The molecule has 3 saturated heterocycles. The highest BCUT2D eigenvalue weighted by Crippen LogP contribution is 2.37. The monoisotopic (exact) mass is 1660 g/mol. The van der Waals surface area contributed by atoms with Crippen LogP contribution in [-0.2, 0) is 85.1 Å². The fourth-order valence-electron chi connectivity index (χ4n) is 14.1. The predicted molar refractivity (Wildman–Crippen MR) is 448 cm³/mol. The van der Waals surface area contributed by atoms with Crippen molar-refractivity contribution in [2.45, 2.75) is 111 Å². The summed E-state index contributed by atoms with van der Waals surface area (Å²) < 4.78 is 41.7. The van der Waals surface area contributed by atoms with E-state index in [1.54, 1.807) is 63.5 Å². The molecule has 0 saturated carbocycles. The number of aryl methyl sites for hydroxylation is 5. The van der Waals surface area contributed by atoms with Crippen LogP contribution < -0.4 is 35.4 Å². The van der Waals surface area contributed by atoms with Gasteiger partial charge in [-0.15, -0.1) is 12.4 Å². The molecule has 0 radical (unpaired) electrons. The molecule has 0 aromatic carbocycles. The summed E-state index contributed by atoms with van der Waals surface area (Å²) in [6, 6.07) is 15.4. The van der Waals surface area contributed by atoms with Crippen LogP contribution in [0.2, 0.25) is 0 Å². The first-order valence-corrected chi connectivity index (χ1v) is 40.1. The van der Waals surface area contributed by atoms with Crippen molar-refractivity contribution in [3.05, 3.63) is 133 Å². The highest BCUT2D eigenvalue weighted by molar-refractivity contribution is 7.98. The number of pyridine rings is 6. The molecule has 6 aliphatic heterocycles. The minimum absolute atomic E-state index is 0. The SMILES string of the molecule is C.C.COC(OC)c1nc2c(cc1CN1CCN(C)CC1=O)CCCN2C(=O)Nc1cc(CCCSC)c(C#N)cn1.COC(OC)c1nc2c(cc1CN1CCN(C)CC1=O)CCCN2C(=O)Nc1cc(F)c(C#N)cn1.COc1nc2c(cc1CN1CCN(C)CC1=O)CCCN2C(=O)Nc1cc(CCCSC)c(C#N)cn1.Cl.[2H-]. The third kappa shape index (κ3) is 23.7. The molecule has 0 spiro atoms. The lowest BCUT2D eigenvalue weighted by Gasteiger charge is -2.34. The van der Waals surface area contributed by atoms with Crippen molar-refractivity contribution in [2.24, 2.45) is 0 Å². The Morgan fingerprint density at radius 2 is 0.828 bits per heavy atom. The Morgan fingerprint density at radius 3 is 1.16 bits per heavy atom. The fraction of sp³-hybridized carbons (Fsp3) is 0.512. The maximum atomic E-state index is 14.0.